The lowest BCUT2D eigenvalue weighted by atomic mass is 10.0. The molecule has 0 radical (unpaired) electrons. The van der Waals surface area contributed by atoms with Gasteiger partial charge in [0.15, 0.2) is 0 Å². The molecule has 1 fully saturated rings. The smallest absolute Gasteiger partial charge is 0.322 e. The van der Waals surface area contributed by atoms with E-state index in [2.05, 4.69) is 5.43 Å². The van der Waals surface area contributed by atoms with Crippen molar-refractivity contribution in [2.45, 2.75) is 18.9 Å². The third-order valence-corrected chi connectivity index (χ3v) is 3.82. The lowest BCUT2D eigenvalue weighted by Gasteiger charge is -2.22. The molecule has 108 valence electrons. The minimum absolute atomic E-state index is 0.264. The zero-order valence-corrected chi connectivity index (χ0v) is 11.5. The second-order valence-electron chi connectivity index (χ2n) is 5.16. The first-order chi connectivity index (χ1) is 10.2. The van der Waals surface area contributed by atoms with Gasteiger partial charge in [-0.2, -0.15) is 0 Å². The summed E-state index contributed by atoms with van der Waals surface area (Å²) in [5, 5.41) is 12.5. The largest absolute Gasteiger partial charge is 0.480 e. The van der Waals surface area contributed by atoms with Crippen molar-refractivity contribution in [3.8, 4) is 0 Å². The molecule has 2 aromatic rings. The van der Waals surface area contributed by atoms with E-state index >= 15 is 0 Å². The van der Waals surface area contributed by atoms with Crippen molar-refractivity contribution in [2.75, 3.05) is 6.54 Å². The van der Waals surface area contributed by atoms with Gasteiger partial charge in [-0.15, -0.1) is 0 Å². The van der Waals surface area contributed by atoms with Crippen LogP contribution in [-0.2, 0) is 4.79 Å². The number of carbonyl (C=O) groups excluding carboxylic acids is 1. The molecule has 0 aromatic heterocycles. The number of nitrogens with zero attached hydrogens (tertiary/aromatic N) is 1. The summed E-state index contributed by atoms with van der Waals surface area (Å²) in [4.78, 5) is 23.6. The molecule has 2 N–H and O–H groups in total. The average Bonchev–Trinajstić information content (AvgIpc) is 2.95. The Hall–Kier alpha value is -2.40. The first-order valence-electron chi connectivity index (χ1n) is 6.95. The predicted molar refractivity (Wildman–Crippen MR) is 78.8 cm³/mol. The summed E-state index contributed by atoms with van der Waals surface area (Å²) < 4.78 is 0. The number of hydrazine groups is 1. The number of benzene rings is 2. The molecular formula is C16H16N2O3. The molecule has 0 aliphatic carbocycles. The number of carboxylic acids is 1. The zero-order valence-electron chi connectivity index (χ0n) is 11.5. The Morgan fingerprint density at radius 2 is 1.90 bits per heavy atom. The minimum atomic E-state index is -0.897. The number of carbonyl (C=O) groups is 2. The quantitative estimate of drug-likeness (QED) is 0.905. The van der Waals surface area contributed by atoms with Gasteiger partial charge >= 0.3 is 5.97 Å². The average molecular weight is 284 g/mol. The number of fused-ring (bicyclic) bond motifs is 1. The second-order valence-corrected chi connectivity index (χ2v) is 5.16. The fraction of sp³-hybridized carbons (Fsp3) is 0.250. The van der Waals surface area contributed by atoms with E-state index in [0.29, 0.717) is 18.5 Å². The van der Waals surface area contributed by atoms with Gasteiger partial charge in [-0.25, -0.2) is 5.01 Å². The number of aliphatic carboxylic acids is 1. The molecule has 21 heavy (non-hydrogen) atoms. The van der Waals surface area contributed by atoms with Gasteiger partial charge in [0.05, 0.1) is 0 Å². The maximum absolute atomic E-state index is 12.4. The molecule has 3 rings (SSSR count). The highest BCUT2D eigenvalue weighted by Crippen LogP contribution is 2.20. The molecule has 2 aromatic carbocycles. The van der Waals surface area contributed by atoms with Gasteiger partial charge < -0.3 is 5.11 Å². The van der Waals surface area contributed by atoms with Gasteiger partial charge in [-0.05, 0) is 29.7 Å². The molecule has 1 amide bonds. The van der Waals surface area contributed by atoms with Crippen molar-refractivity contribution in [3.05, 3.63) is 48.0 Å². The fourth-order valence-electron chi connectivity index (χ4n) is 2.77. The van der Waals surface area contributed by atoms with E-state index in [1.807, 2.05) is 36.4 Å². The van der Waals surface area contributed by atoms with Crippen molar-refractivity contribution >= 4 is 22.6 Å². The van der Waals surface area contributed by atoms with E-state index in [1.165, 1.54) is 5.01 Å². The van der Waals surface area contributed by atoms with Crippen LogP contribution in [0.2, 0.25) is 0 Å². The molecule has 0 unspecified atom stereocenters. The molecule has 1 saturated heterocycles. The van der Waals surface area contributed by atoms with Crippen molar-refractivity contribution in [3.63, 3.8) is 0 Å². The van der Waals surface area contributed by atoms with Gasteiger partial charge in [0.1, 0.15) is 6.04 Å². The predicted octanol–water partition coefficient (Wildman–Crippen LogP) is 2.03. The highest BCUT2D eigenvalue weighted by Gasteiger charge is 2.31. The lowest BCUT2D eigenvalue weighted by molar-refractivity contribution is -0.142. The van der Waals surface area contributed by atoms with Gasteiger partial charge in [-0.3, -0.25) is 15.0 Å². The van der Waals surface area contributed by atoms with E-state index in [9.17, 15) is 9.59 Å². The summed E-state index contributed by atoms with van der Waals surface area (Å²) >= 11 is 0. The normalized spacial score (nSPS) is 18.8. The van der Waals surface area contributed by atoms with Crippen LogP contribution in [0.1, 0.15) is 23.2 Å². The van der Waals surface area contributed by atoms with E-state index < -0.39 is 12.0 Å². The Bertz CT molecular complexity index is 693. The molecule has 1 atom stereocenters. The summed E-state index contributed by atoms with van der Waals surface area (Å²) in [5.74, 6) is -1.16. The van der Waals surface area contributed by atoms with E-state index in [-0.39, 0.29) is 5.91 Å². The third-order valence-electron chi connectivity index (χ3n) is 3.82. The number of rotatable bonds is 3. The van der Waals surface area contributed by atoms with Crippen LogP contribution in [0.15, 0.2) is 42.5 Å². The van der Waals surface area contributed by atoms with Crippen molar-refractivity contribution in [1.29, 1.82) is 0 Å². The lowest BCUT2D eigenvalue weighted by Crippen LogP contribution is -2.48. The fourth-order valence-corrected chi connectivity index (χ4v) is 2.77. The minimum Gasteiger partial charge on any atom is -0.480 e. The summed E-state index contributed by atoms with van der Waals surface area (Å²) in [6.07, 6.45) is 1.33. The number of hydrogen-bond donors (Lipinski definition) is 2. The highest BCUT2D eigenvalue weighted by molar-refractivity contribution is 6.06. The van der Waals surface area contributed by atoms with Crippen molar-refractivity contribution < 1.29 is 14.7 Å². The third kappa shape index (κ3) is 2.60. The maximum Gasteiger partial charge on any atom is 0.322 e. The van der Waals surface area contributed by atoms with Gasteiger partial charge in [0, 0.05) is 12.1 Å². The van der Waals surface area contributed by atoms with E-state index in [4.69, 9.17) is 5.11 Å². The molecule has 1 heterocycles. The van der Waals surface area contributed by atoms with Gasteiger partial charge in [0.25, 0.3) is 5.91 Å². The first kappa shape index (κ1) is 13.6. The molecule has 1 aliphatic rings. The van der Waals surface area contributed by atoms with Crippen LogP contribution in [0.3, 0.4) is 0 Å². The Labute approximate surface area is 122 Å². The second kappa shape index (κ2) is 5.54. The van der Waals surface area contributed by atoms with Crippen LogP contribution in [0.5, 0.6) is 0 Å². The number of carboxylic acid groups (broad SMARTS) is 1. The summed E-state index contributed by atoms with van der Waals surface area (Å²) in [6.45, 7) is 0.563. The van der Waals surface area contributed by atoms with Crippen LogP contribution >= 0.6 is 0 Å². The monoisotopic (exact) mass is 284 g/mol. The Balaban J connectivity index is 1.86. The number of amides is 1. The van der Waals surface area contributed by atoms with E-state index in [1.54, 1.807) is 6.07 Å². The molecule has 1 aliphatic heterocycles. The van der Waals surface area contributed by atoms with Crippen LogP contribution < -0.4 is 5.43 Å². The topological polar surface area (TPSA) is 69.6 Å². The molecule has 5 heteroatoms. The van der Waals surface area contributed by atoms with Crippen LogP contribution in [0.4, 0.5) is 0 Å². The number of nitrogens with one attached hydrogen (secondary N) is 1. The maximum atomic E-state index is 12.4. The first-order valence-corrected chi connectivity index (χ1v) is 6.95. The molecule has 0 bridgehead atoms. The summed E-state index contributed by atoms with van der Waals surface area (Å²) in [5.41, 5.74) is 3.29. The van der Waals surface area contributed by atoms with Crippen LogP contribution in [0.25, 0.3) is 10.8 Å². The Kier molecular flexibility index (Phi) is 3.58. The molecule has 0 saturated carbocycles. The standard InChI is InChI=1S/C16H16N2O3/c19-15(17-18-10-4-9-14(18)16(20)21)13-8-3-6-11-5-1-2-7-12(11)13/h1-3,5-8,14H,4,9-10H2,(H,17,19)(H,20,21)/t14-/m0/s1. The van der Waals surface area contributed by atoms with Gasteiger partial charge in [-0.1, -0.05) is 36.4 Å². The summed E-state index contributed by atoms with van der Waals surface area (Å²) in [7, 11) is 0. The van der Waals surface area contributed by atoms with E-state index in [0.717, 1.165) is 17.2 Å². The van der Waals surface area contributed by atoms with Gasteiger partial charge in [0.2, 0.25) is 0 Å². The SMILES string of the molecule is O=C(NN1CCC[C@H]1C(=O)O)c1cccc2ccccc12. The molecule has 5 nitrogen and oxygen atoms in total. The zero-order chi connectivity index (χ0) is 14.8. The molecule has 0 spiro atoms. The van der Waals surface area contributed by atoms with Crippen LogP contribution in [0, 0.1) is 0 Å². The van der Waals surface area contributed by atoms with Crippen LogP contribution in [-0.4, -0.2) is 34.6 Å². The van der Waals surface area contributed by atoms with Crippen molar-refractivity contribution in [2.24, 2.45) is 0 Å². The highest BCUT2D eigenvalue weighted by atomic mass is 16.4. The Morgan fingerprint density at radius 1 is 1.14 bits per heavy atom. The number of hydrogen-bond acceptors (Lipinski definition) is 3. The van der Waals surface area contributed by atoms with Crippen molar-refractivity contribution in [1.82, 2.24) is 10.4 Å². The summed E-state index contributed by atoms with van der Waals surface area (Å²) in [6, 6.07) is 12.5. The molecular weight excluding hydrogens is 268 g/mol. The Morgan fingerprint density at radius 3 is 2.71 bits per heavy atom.